The zero-order chi connectivity index (χ0) is 15.6. The Kier molecular flexibility index (Phi) is 4.10. The Bertz CT molecular complexity index is 793. The predicted octanol–water partition coefficient (Wildman–Crippen LogP) is 3.19. The Morgan fingerprint density at radius 1 is 1.14 bits per heavy atom. The standard InChI is InChI=1S/C12H8ClFN2O4S/c13-8-1-4-10(5-2-8)21(19,20)15-12-7-9(16(17)18)3-6-11(12)14/h1-7,15H. The monoisotopic (exact) mass is 330 g/mol. The van der Waals surface area contributed by atoms with Crippen molar-refractivity contribution in [2.24, 2.45) is 0 Å². The number of nitro benzene ring substituents is 1. The summed E-state index contributed by atoms with van der Waals surface area (Å²) < 4.78 is 39.7. The third-order valence-electron chi connectivity index (χ3n) is 2.53. The van der Waals surface area contributed by atoms with Crippen LogP contribution in [0.1, 0.15) is 0 Å². The number of hydrogen-bond donors (Lipinski definition) is 1. The molecular formula is C12H8ClFN2O4S. The molecule has 6 nitrogen and oxygen atoms in total. The average molecular weight is 331 g/mol. The summed E-state index contributed by atoms with van der Waals surface area (Å²) in [5.41, 5.74) is -0.927. The molecule has 0 aliphatic heterocycles. The molecular weight excluding hydrogens is 323 g/mol. The van der Waals surface area contributed by atoms with Crippen LogP contribution in [0.3, 0.4) is 0 Å². The van der Waals surface area contributed by atoms with Gasteiger partial charge in [-0.1, -0.05) is 11.6 Å². The molecule has 0 aliphatic carbocycles. The van der Waals surface area contributed by atoms with Crippen LogP contribution in [0.25, 0.3) is 0 Å². The van der Waals surface area contributed by atoms with Crippen molar-refractivity contribution in [2.75, 3.05) is 4.72 Å². The van der Waals surface area contributed by atoms with E-state index < -0.39 is 32.1 Å². The summed E-state index contributed by atoms with van der Waals surface area (Å²) in [6, 6.07) is 7.76. The lowest BCUT2D eigenvalue weighted by molar-refractivity contribution is -0.384. The summed E-state index contributed by atoms with van der Waals surface area (Å²) in [6.45, 7) is 0. The van der Waals surface area contributed by atoms with Gasteiger partial charge in [-0.25, -0.2) is 12.8 Å². The molecule has 2 rings (SSSR count). The molecule has 0 aromatic heterocycles. The van der Waals surface area contributed by atoms with Crippen molar-refractivity contribution in [2.45, 2.75) is 4.90 Å². The van der Waals surface area contributed by atoms with Gasteiger partial charge in [0.15, 0.2) is 0 Å². The van der Waals surface area contributed by atoms with Crippen LogP contribution in [0.4, 0.5) is 15.8 Å². The molecule has 9 heteroatoms. The fourth-order valence-corrected chi connectivity index (χ4v) is 2.71. The summed E-state index contributed by atoms with van der Waals surface area (Å²) in [5, 5.41) is 11.0. The van der Waals surface area contributed by atoms with E-state index in [-0.39, 0.29) is 4.90 Å². The normalized spacial score (nSPS) is 11.1. The van der Waals surface area contributed by atoms with Gasteiger partial charge >= 0.3 is 0 Å². The smallest absolute Gasteiger partial charge is 0.271 e. The lowest BCUT2D eigenvalue weighted by Crippen LogP contribution is -2.14. The second-order valence-corrected chi connectivity index (χ2v) is 6.10. The fourth-order valence-electron chi connectivity index (χ4n) is 1.52. The Hall–Kier alpha value is -2.19. The maximum absolute atomic E-state index is 13.6. The highest BCUT2D eigenvalue weighted by molar-refractivity contribution is 7.92. The molecule has 0 atom stereocenters. The fraction of sp³-hybridized carbons (Fsp3) is 0. The Balaban J connectivity index is 2.38. The van der Waals surface area contributed by atoms with Crippen LogP contribution in [0.15, 0.2) is 47.4 Å². The Labute approximate surface area is 124 Å². The van der Waals surface area contributed by atoms with Gasteiger partial charge in [-0.15, -0.1) is 0 Å². The van der Waals surface area contributed by atoms with Gasteiger partial charge in [0.05, 0.1) is 15.5 Å². The molecule has 2 aromatic rings. The highest BCUT2D eigenvalue weighted by Crippen LogP contribution is 2.24. The number of nitrogens with one attached hydrogen (secondary N) is 1. The van der Waals surface area contributed by atoms with Gasteiger partial charge < -0.3 is 0 Å². The molecule has 0 saturated heterocycles. The quantitative estimate of drug-likeness (QED) is 0.688. The molecule has 0 radical (unpaired) electrons. The van der Waals surface area contributed by atoms with Crippen LogP contribution in [-0.4, -0.2) is 13.3 Å². The number of hydrogen-bond acceptors (Lipinski definition) is 4. The van der Waals surface area contributed by atoms with Crippen LogP contribution in [0.5, 0.6) is 0 Å². The molecule has 0 spiro atoms. The van der Waals surface area contributed by atoms with E-state index in [1.165, 1.54) is 24.3 Å². The zero-order valence-corrected chi connectivity index (χ0v) is 11.9. The maximum atomic E-state index is 13.6. The largest absolute Gasteiger partial charge is 0.276 e. The number of non-ortho nitro benzene ring substituents is 1. The second-order valence-electron chi connectivity index (χ2n) is 3.98. The van der Waals surface area contributed by atoms with Gasteiger partial charge in [-0.05, 0) is 30.3 Å². The molecule has 0 saturated carbocycles. The SMILES string of the molecule is O=[N+]([O-])c1ccc(F)c(NS(=O)(=O)c2ccc(Cl)cc2)c1. The third kappa shape index (κ3) is 3.47. The number of benzene rings is 2. The topological polar surface area (TPSA) is 89.3 Å². The van der Waals surface area contributed by atoms with Crippen molar-refractivity contribution in [3.63, 3.8) is 0 Å². The molecule has 0 amide bonds. The van der Waals surface area contributed by atoms with Gasteiger partial charge in [0, 0.05) is 17.2 Å². The van der Waals surface area contributed by atoms with Crippen molar-refractivity contribution in [3.05, 3.63) is 63.4 Å². The molecule has 110 valence electrons. The molecule has 0 fully saturated rings. The van der Waals surface area contributed by atoms with E-state index in [0.717, 1.165) is 18.2 Å². The van der Waals surface area contributed by atoms with Gasteiger partial charge in [-0.3, -0.25) is 14.8 Å². The van der Waals surface area contributed by atoms with Crippen molar-refractivity contribution in [1.29, 1.82) is 0 Å². The minimum atomic E-state index is -4.07. The number of nitro groups is 1. The first-order valence-electron chi connectivity index (χ1n) is 5.52. The van der Waals surface area contributed by atoms with E-state index in [1.807, 2.05) is 4.72 Å². The second kappa shape index (κ2) is 5.66. The summed E-state index contributed by atoms with van der Waals surface area (Å²) in [4.78, 5) is 9.74. The van der Waals surface area contributed by atoms with E-state index in [9.17, 15) is 22.9 Å². The van der Waals surface area contributed by atoms with Crippen LogP contribution < -0.4 is 4.72 Å². The molecule has 0 unspecified atom stereocenters. The summed E-state index contributed by atoms with van der Waals surface area (Å²) in [7, 11) is -4.07. The Morgan fingerprint density at radius 3 is 2.33 bits per heavy atom. The predicted molar refractivity (Wildman–Crippen MR) is 75.3 cm³/mol. The average Bonchev–Trinajstić information content (AvgIpc) is 2.41. The maximum Gasteiger partial charge on any atom is 0.271 e. The molecule has 1 N–H and O–H groups in total. The van der Waals surface area contributed by atoms with Gasteiger partial charge in [0.2, 0.25) is 0 Å². The minimum absolute atomic E-state index is 0.141. The van der Waals surface area contributed by atoms with E-state index in [4.69, 9.17) is 11.6 Å². The number of nitrogens with zero attached hydrogens (tertiary/aromatic N) is 1. The van der Waals surface area contributed by atoms with Crippen molar-refractivity contribution >= 4 is 33.0 Å². The summed E-state index contributed by atoms with van der Waals surface area (Å²) in [5.74, 6) is -0.918. The van der Waals surface area contributed by atoms with Crippen LogP contribution in [-0.2, 0) is 10.0 Å². The molecule has 0 aliphatic rings. The van der Waals surface area contributed by atoms with Crippen molar-refractivity contribution in [1.82, 2.24) is 0 Å². The van der Waals surface area contributed by atoms with Gasteiger partial charge in [0.25, 0.3) is 15.7 Å². The van der Waals surface area contributed by atoms with E-state index >= 15 is 0 Å². The van der Waals surface area contributed by atoms with Crippen LogP contribution in [0.2, 0.25) is 5.02 Å². The van der Waals surface area contributed by atoms with Gasteiger partial charge in [-0.2, -0.15) is 0 Å². The Morgan fingerprint density at radius 2 is 1.76 bits per heavy atom. The highest BCUT2D eigenvalue weighted by Gasteiger charge is 2.18. The first-order valence-corrected chi connectivity index (χ1v) is 7.38. The summed E-state index contributed by atoms with van der Waals surface area (Å²) in [6.07, 6.45) is 0. The third-order valence-corrected chi connectivity index (χ3v) is 4.16. The summed E-state index contributed by atoms with van der Waals surface area (Å²) >= 11 is 5.65. The first-order chi connectivity index (χ1) is 9.79. The van der Waals surface area contributed by atoms with Crippen molar-refractivity contribution in [3.8, 4) is 0 Å². The number of anilines is 1. The van der Waals surface area contributed by atoms with E-state index in [2.05, 4.69) is 0 Å². The lowest BCUT2D eigenvalue weighted by Gasteiger charge is -2.08. The number of halogens is 2. The molecule has 21 heavy (non-hydrogen) atoms. The van der Waals surface area contributed by atoms with Crippen molar-refractivity contribution < 1.29 is 17.7 Å². The highest BCUT2D eigenvalue weighted by atomic mass is 35.5. The van der Waals surface area contributed by atoms with E-state index in [1.54, 1.807) is 0 Å². The molecule has 0 bridgehead atoms. The minimum Gasteiger partial charge on any atom is -0.276 e. The van der Waals surface area contributed by atoms with Crippen LogP contribution in [0, 0.1) is 15.9 Å². The lowest BCUT2D eigenvalue weighted by atomic mass is 10.3. The van der Waals surface area contributed by atoms with Crippen LogP contribution >= 0.6 is 11.6 Å². The molecule has 0 heterocycles. The zero-order valence-electron chi connectivity index (χ0n) is 10.3. The number of sulfonamides is 1. The molecule has 2 aromatic carbocycles. The van der Waals surface area contributed by atoms with Gasteiger partial charge in [0.1, 0.15) is 5.82 Å². The number of rotatable bonds is 4. The first kappa shape index (κ1) is 15.2. The van der Waals surface area contributed by atoms with E-state index in [0.29, 0.717) is 5.02 Å².